The van der Waals surface area contributed by atoms with E-state index in [0.29, 0.717) is 12.0 Å². The lowest BCUT2D eigenvalue weighted by atomic mass is 10.3. The van der Waals surface area contributed by atoms with Gasteiger partial charge in [0.2, 0.25) is 0 Å². The molecule has 0 saturated heterocycles. The molecule has 15 heavy (non-hydrogen) atoms. The minimum Gasteiger partial charge on any atom is -0.504 e. The van der Waals surface area contributed by atoms with Gasteiger partial charge in [-0.25, -0.2) is 4.68 Å². The second-order valence-electron chi connectivity index (χ2n) is 2.92. The summed E-state index contributed by atoms with van der Waals surface area (Å²) in [6.45, 7) is 0. The maximum atomic E-state index is 10.7. The van der Waals surface area contributed by atoms with Crippen LogP contribution in [0.4, 0.5) is 0 Å². The molecule has 2 aromatic rings. The number of carbonyl (C=O) groups excluding carboxylic acids is 1. The van der Waals surface area contributed by atoms with E-state index in [0.717, 1.165) is 4.47 Å². The van der Waals surface area contributed by atoms with E-state index in [1.54, 1.807) is 12.1 Å². The fraction of sp³-hybridized carbons (Fsp3) is 0. The Labute approximate surface area is 94.3 Å². The molecule has 4 nitrogen and oxygen atoms in total. The second kappa shape index (κ2) is 3.86. The molecule has 0 unspecified atom stereocenters. The number of aromatic hydroxyl groups is 1. The number of rotatable bonds is 2. The molecule has 0 aliphatic heterocycles. The van der Waals surface area contributed by atoms with E-state index in [2.05, 4.69) is 21.0 Å². The molecule has 0 bridgehead atoms. The van der Waals surface area contributed by atoms with E-state index >= 15 is 0 Å². The molecule has 1 aromatic carbocycles. The quantitative estimate of drug-likeness (QED) is 0.848. The summed E-state index contributed by atoms with van der Waals surface area (Å²) in [6, 6.07) is 7.30. The van der Waals surface area contributed by atoms with Gasteiger partial charge in [0.05, 0.1) is 11.9 Å². The average Bonchev–Trinajstić information content (AvgIpc) is 2.59. The van der Waals surface area contributed by atoms with Crippen LogP contribution in [0.25, 0.3) is 5.69 Å². The normalized spacial score (nSPS) is 10.2. The van der Waals surface area contributed by atoms with E-state index in [1.807, 2.05) is 12.1 Å². The number of benzene rings is 1. The van der Waals surface area contributed by atoms with Crippen LogP contribution in [-0.2, 0) is 0 Å². The number of aromatic nitrogens is 2. The molecular formula is C10H7BrN2O2. The molecule has 5 heteroatoms. The minimum atomic E-state index is -0.120. The maximum absolute atomic E-state index is 10.7. The van der Waals surface area contributed by atoms with Crippen molar-refractivity contribution in [3.8, 4) is 11.4 Å². The van der Waals surface area contributed by atoms with Gasteiger partial charge in [-0.2, -0.15) is 5.10 Å². The number of hydrogen-bond donors (Lipinski definition) is 1. The Kier molecular flexibility index (Phi) is 2.55. The monoisotopic (exact) mass is 266 g/mol. The van der Waals surface area contributed by atoms with Gasteiger partial charge in [0.1, 0.15) is 5.69 Å². The fourth-order valence-corrected chi connectivity index (χ4v) is 1.66. The van der Waals surface area contributed by atoms with Crippen LogP contribution in [0.15, 0.2) is 34.9 Å². The molecule has 0 aliphatic rings. The zero-order chi connectivity index (χ0) is 10.8. The van der Waals surface area contributed by atoms with E-state index in [9.17, 15) is 9.90 Å². The molecule has 0 radical (unpaired) electrons. The van der Waals surface area contributed by atoms with Crippen LogP contribution in [0.2, 0.25) is 0 Å². The third-order valence-electron chi connectivity index (χ3n) is 1.95. The van der Waals surface area contributed by atoms with Crippen molar-refractivity contribution >= 4 is 22.2 Å². The molecule has 0 saturated carbocycles. The Balaban J connectivity index is 2.58. The first-order valence-electron chi connectivity index (χ1n) is 4.20. The van der Waals surface area contributed by atoms with Gasteiger partial charge in [0.15, 0.2) is 12.0 Å². The molecule has 0 spiro atoms. The van der Waals surface area contributed by atoms with Crippen LogP contribution in [0.5, 0.6) is 5.75 Å². The number of halogens is 1. The topological polar surface area (TPSA) is 55.1 Å². The molecule has 1 heterocycles. The van der Waals surface area contributed by atoms with Crippen molar-refractivity contribution in [2.45, 2.75) is 0 Å². The maximum Gasteiger partial charge on any atom is 0.172 e. The van der Waals surface area contributed by atoms with Gasteiger partial charge in [-0.15, -0.1) is 0 Å². The van der Waals surface area contributed by atoms with E-state index in [1.165, 1.54) is 10.9 Å². The summed E-state index contributed by atoms with van der Waals surface area (Å²) in [5.74, 6) is -0.120. The second-order valence-corrected chi connectivity index (χ2v) is 3.84. The Morgan fingerprint density at radius 2 is 2.27 bits per heavy atom. The van der Waals surface area contributed by atoms with Crippen molar-refractivity contribution in [3.05, 3.63) is 40.6 Å². The van der Waals surface area contributed by atoms with Gasteiger partial charge in [-0.3, -0.25) is 4.79 Å². The summed E-state index contributed by atoms with van der Waals surface area (Å²) in [4.78, 5) is 10.7. The first-order valence-corrected chi connectivity index (χ1v) is 5.00. The van der Waals surface area contributed by atoms with Crippen molar-refractivity contribution in [1.29, 1.82) is 0 Å². The lowest BCUT2D eigenvalue weighted by Crippen LogP contribution is -2.00. The molecule has 0 fully saturated rings. The summed E-state index contributed by atoms with van der Waals surface area (Å²) in [5, 5.41) is 13.2. The number of aldehydes is 1. The highest BCUT2D eigenvalue weighted by Gasteiger charge is 2.10. The molecular weight excluding hydrogens is 260 g/mol. The summed E-state index contributed by atoms with van der Waals surface area (Å²) >= 11 is 3.32. The fourth-order valence-electron chi connectivity index (χ4n) is 1.27. The smallest absolute Gasteiger partial charge is 0.172 e. The zero-order valence-electron chi connectivity index (χ0n) is 7.59. The Morgan fingerprint density at radius 3 is 2.93 bits per heavy atom. The number of nitrogens with zero attached hydrogens (tertiary/aromatic N) is 2. The Morgan fingerprint density at radius 1 is 1.47 bits per heavy atom. The van der Waals surface area contributed by atoms with Gasteiger partial charge >= 0.3 is 0 Å². The molecule has 1 N–H and O–H groups in total. The minimum absolute atomic E-state index is 0.120. The Bertz CT molecular complexity index is 508. The highest BCUT2D eigenvalue weighted by Crippen LogP contribution is 2.20. The molecule has 1 aromatic heterocycles. The first kappa shape index (κ1) is 9.92. The third-order valence-corrected chi connectivity index (χ3v) is 2.44. The van der Waals surface area contributed by atoms with Gasteiger partial charge in [-0.1, -0.05) is 22.0 Å². The standard InChI is InChI=1S/C10H7BrN2O2/c11-7-2-1-3-8(4-7)13-9(6-14)10(15)5-12-13/h1-6,15H. The van der Waals surface area contributed by atoms with Crippen molar-refractivity contribution in [2.75, 3.05) is 0 Å². The van der Waals surface area contributed by atoms with Crippen LogP contribution in [0, 0.1) is 0 Å². The molecule has 2 rings (SSSR count). The van der Waals surface area contributed by atoms with E-state index in [-0.39, 0.29) is 11.4 Å². The van der Waals surface area contributed by atoms with Gasteiger partial charge < -0.3 is 5.11 Å². The highest BCUT2D eigenvalue weighted by atomic mass is 79.9. The Hall–Kier alpha value is -1.62. The van der Waals surface area contributed by atoms with Gasteiger partial charge in [-0.05, 0) is 18.2 Å². The van der Waals surface area contributed by atoms with Crippen LogP contribution in [0.1, 0.15) is 10.5 Å². The SMILES string of the molecule is O=Cc1c(O)cnn1-c1cccc(Br)c1. The predicted octanol–water partition coefficient (Wildman–Crippen LogP) is 2.15. The first-order chi connectivity index (χ1) is 7.22. The van der Waals surface area contributed by atoms with Gasteiger partial charge in [0, 0.05) is 4.47 Å². The van der Waals surface area contributed by atoms with Crippen molar-refractivity contribution in [2.24, 2.45) is 0 Å². The van der Waals surface area contributed by atoms with Crippen LogP contribution >= 0.6 is 15.9 Å². The van der Waals surface area contributed by atoms with E-state index < -0.39 is 0 Å². The molecule has 0 atom stereocenters. The highest BCUT2D eigenvalue weighted by molar-refractivity contribution is 9.10. The van der Waals surface area contributed by atoms with Crippen molar-refractivity contribution in [3.63, 3.8) is 0 Å². The van der Waals surface area contributed by atoms with Crippen LogP contribution < -0.4 is 0 Å². The molecule has 0 amide bonds. The van der Waals surface area contributed by atoms with Crippen molar-refractivity contribution in [1.82, 2.24) is 9.78 Å². The lowest BCUT2D eigenvalue weighted by Gasteiger charge is -2.03. The molecule has 0 aliphatic carbocycles. The largest absolute Gasteiger partial charge is 0.504 e. The van der Waals surface area contributed by atoms with Gasteiger partial charge in [0.25, 0.3) is 0 Å². The zero-order valence-corrected chi connectivity index (χ0v) is 9.18. The summed E-state index contributed by atoms with van der Waals surface area (Å²) < 4.78 is 2.26. The lowest BCUT2D eigenvalue weighted by molar-refractivity contribution is 0.111. The van der Waals surface area contributed by atoms with Crippen molar-refractivity contribution < 1.29 is 9.90 Å². The summed E-state index contributed by atoms with van der Waals surface area (Å²) in [6.07, 6.45) is 1.81. The average molecular weight is 267 g/mol. The number of carbonyl (C=O) groups is 1. The number of hydrogen-bond acceptors (Lipinski definition) is 3. The predicted molar refractivity (Wildman–Crippen MR) is 58.3 cm³/mol. The van der Waals surface area contributed by atoms with Crippen LogP contribution in [0.3, 0.4) is 0 Å². The summed E-state index contributed by atoms with van der Waals surface area (Å²) in [5.41, 5.74) is 0.861. The van der Waals surface area contributed by atoms with E-state index in [4.69, 9.17) is 0 Å². The third kappa shape index (κ3) is 1.78. The molecule has 76 valence electrons. The summed E-state index contributed by atoms with van der Waals surface area (Å²) in [7, 11) is 0. The van der Waals surface area contributed by atoms with Crippen LogP contribution in [-0.4, -0.2) is 21.2 Å².